The fraction of sp³-hybridized carbons (Fsp3) is 0.818. The van der Waals surface area contributed by atoms with Gasteiger partial charge in [-0.15, -0.1) is 0 Å². The molecule has 0 heterocycles. The first-order valence-electron chi connectivity index (χ1n) is 5.49. The van der Waals surface area contributed by atoms with Crippen molar-refractivity contribution in [1.82, 2.24) is 0 Å². The number of halogens is 1. The molecule has 0 atom stereocenters. The maximum absolute atomic E-state index is 10.4. The molecule has 0 radical (unpaired) electrons. The summed E-state index contributed by atoms with van der Waals surface area (Å²) in [6, 6.07) is 0. The predicted octanol–water partition coefficient (Wildman–Crippen LogP) is 3.21. The van der Waals surface area contributed by atoms with E-state index in [1.54, 1.807) is 0 Å². The number of unbranched alkanes of at least 4 members (excludes halogenated alkanes) is 6. The lowest BCUT2D eigenvalue weighted by atomic mass is 10.1. The minimum absolute atomic E-state index is 0.235. The Labute approximate surface area is 95.9 Å². The molecule has 0 bridgehead atoms. The van der Waals surface area contributed by atoms with E-state index in [-0.39, 0.29) is 5.24 Å². The quantitative estimate of drug-likeness (QED) is 0.251. The maximum atomic E-state index is 10.4. The van der Waals surface area contributed by atoms with Crippen LogP contribution in [0.1, 0.15) is 51.4 Å². The highest BCUT2D eigenvalue weighted by Gasteiger charge is 1.95. The monoisotopic (exact) mass is 231 g/mol. The molecule has 0 rings (SSSR count). The van der Waals surface area contributed by atoms with Crippen LogP contribution in [-0.2, 0) is 9.59 Å². The average molecular weight is 232 g/mol. The van der Waals surface area contributed by atoms with Gasteiger partial charge in [-0.2, -0.15) is 0 Å². The van der Waals surface area contributed by atoms with Crippen LogP contribution in [0, 0.1) is 0 Å². The number of hydrogen-bond donors (Lipinski definition) is 0. The first-order valence-corrected chi connectivity index (χ1v) is 5.87. The van der Waals surface area contributed by atoms with Crippen LogP contribution in [-0.4, -0.2) is 17.9 Å². The van der Waals surface area contributed by atoms with Crippen molar-refractivity contribution in [2.45, 2.75) is 51.4 Å². The Morgan fingerprint density at radius 1 is 1.00 bits per heavy atom. The van der Waals surface area contributed by atoms with Crippen LogP contribution in [0.3, 0.4) is 0 Å². The number of isocyanates is 1. The number of aliphatic imine (C=N–C) groups is 1. The third kappa shape index (κ3) is 13.3. The van der Waals surface area contributed by atoms with Gasteiger partial charge in [0.2, 0.25) is 11.3 Å². The van der Waals surface area contributed by atoms with E-state index in [2.05, 4.69) is 4.99 Å². The molecule has 0 saturated carbocycles. The molecule has 0 N–H and O–H groups in total. The molecule has 0 aliphatic heterocycles. The average Bonchev–Trinajstić information content (AvgIpc) is 2.20. The summed E-state index contributed by atoms with van der Waals surface area (Å²) in [5.41, 5.74) is 0. The highest BCUT2D eigenvalue weighted by Crippen LogP contribution is 2.09. The Balaban J connectivity index is 2.98. The SMILES string of the molecule is O=C=NCCCCCCCCCC(=O)Cl. The molecule has 3 nitrogen and oxygen atoms in total. The standard InChI is InChI=1S/C11H18ClNO2/c12-11(15)8-6-4-2-1-3-5-7-9-13-10-14/h1-9H2. The smallest absolute Gasteiger partial charge is 0.234 e. The van der Waals surface area contributed by atoms with E-state index in [1.807, 2.05) is 0 Å². The fourth-order valence-electron chi connectivity index (χ4n) is 1.38. The van der Waals surface area contributed by atoms with Crippen LogP contribution in [0.2, 0.25) is 0 Å². The lowest BCUT2D eigenvalue weighted by molar-refractivity contribution is -0.111. The van der Waals surface area contributed by atoms with Crippen LogP contribution in [0.25, 0.3) is 0 Å². The topological polar surface area (TPSA) is 46.5 Å². The van der Waals surface area contributed by atoms with Crippen molar-refractivity contribution in [3.05, 3.63) is 0 Å². The van der Waals surface area contributed by atoms with E-state index < -0.39 is 0 Å². The van der Waals surface area contributed by atoms with Crippen molar-refractivity contribution < 1.29 is 9.59 Å². The van der Waals surface area contributed by atoms with Crippen molar-refractivity contribution in [2.24, 2.45) is 4.99 Å². The summed E-state index contributed by atoms with van der Waals surface area (Å²) in [6.07, 6.45) is 9.58. The number of rotatable bonds is 10. The first-order chi connectivity index (χ1) is 7.27. The zero-order chi connectivity index (χ0) is 11.4. The lowest BCUT2D eigenvalue weighted by Crippen LogP contribution is -1.87. The van der Waals surface area contributed by atoms with E-state index in [0.29, 0.717) is 13.0 Å². The van der Waals surface area contributed by atoms with Gasteiger partial charge in [-0.25, -0.2) is 9.79 Å². The predicted molar refractivity (Wildman–Crippen MR) is 60.8 cm³/mol. The molecule has 0 fully saturated rings. The molecule has 0 aliphatic carbocycles. The lowest BCUT2D eigenvalue weighted by Gasteiger charge is -1.99. The number of carbonyl (C=O) groups excluding carboxylic acids is 2. The van der Waals surface area contributed by atoms with Crippen LogP contribution < -0.4 is 0 Å². The minimum Gasteiger partial charge on any atom is -0.281 e. The van der Waals surface area contributed by atoms with E-state index in [4.69, 9.17) is 11.6 Å². The van der Waals surface area contributed by atoms with Gasteiger partial charge in [0.1, 0.15) is 0 Å². The van der Waals surface area contributed by atoms with E-state index in [9.17, 15) is 9.59 Å². The maximum Gasteiger partial charge on any atom is 0.234 e. The summed E-state index contributed by atoms with van der Waals surface area (Å²) in [5, 5.41) is -0.235. The Hall–Kier alpha value is -0.660. The van der Waals surface area contributed by atoms with Gasteiger partial charge < -0.3 is 0 Å². The molecule has 0 aliphatic rings. The van der Waals surface area contributed by atoms with Crippen LogP contribution in [0.4, 0.5) is 0 Å². The van der Waals surface area contributed by atoms with Gasteiger partial charge in [-0.05, 0) is 24.4 Å². The van der Waals surface area contributed by atoms with E-state index in [0.717, 1.165) is 32.1 Å². The van der Waals surface area contributed by atoms with Gasteiger partial charge >= 0.3 is 0 Å². The number of carbonyl (C=O) groups is 1. The summed E-state index contributed by atoms with van der Waals surface area (Å²) in [5.74, 6) is 0. The van der Waals surface area contributed by atoms with Crippen LogP contribution in [0.5, 0.6) is 0 Å². The summed E-state index contributed by atoms with van der Waals surface area (Å²) in [7, 11) is 0. The van der Waals surface area contributed by atoms with Gasteiger partial charge in [-0.1, -0.05) is 32.1 Å². The van der Waals surface area contributed by atoms with E-state index >= 15 is 0 Å². The third-order valence-corrected chi connectivity index (χ3v) is 2.40. The Morgan fingerprint density at radius 3 is 2.07 bits per heavy atom. The molecule has 0 aromatic rings. The molecule has 15 heavy (non-hydrogen) atoms. The number of nitrogens with zero attached hydrogens (tertiary/aromatic N) is 1. The summed E-state index contributed by atoms with van der Waals surface area (Å²) in [4.78, 5) is 23.6. The van der Waals surface area contributed by atoms with Gasteiger partial charge in [-0.3, -0.25) is 4.79 Å². The molecule has 0 aromatic carbocycles. The minimum atomic E-state index is -0.235. The van der Waals surface area contributed by atoms with Gasteiger partial charge in [0.15, 0.2) is 0 Å². The number of hydrogen-bond acceptors (Lipinski definition) is 3. The second-order valence-corrected chi connectivity index (χ2v) is 3.97. The van der Waals surface area contributed by atoms with Crippen LogP contribution >= 0.6 is 11.6 Å². The molecule has 0 spiro atoms. The van der Waals surface area contributed by atoms with Crippen molar-refractivity contribution >= 4 is 22.9 Å². The van der Waals surface area contributed by atoms with Crippen molar-refractivity contribution in [3.63, 3.8) is 0 Å². The molecule has 0 unspecified atom stereocenters. The molecule has 0 amide bonds. The van der Waals surface area contributed by atoms with Crippen molar-refractivity contribution in [3.8, 4) is 0 Å². The molecular formula is C11H18ClNO2. The summed E-state index contributed by atoms with van der Waals surface area (Å²) >= 11 is 5.21. The fourth-order valence-corrected chi connectivity index (χ4v) is 1.52. The zero-order valence-electron chi connectivity index (χ0n) is 9.01. The summed E-state index contributed by atoms with van der Waals surface area (Å²) in [6.45, 7) is 0.601. The molecular weight excluding hydrogens is 214 g/mol. The Bertz CT molecular complexity index is 205. The van der Waals surface area contributed by atoms with Gasteiger partial charge in [0.25, 0.3) is 0 Å². The van der Waals surface area contributed by atoms with Crippen molar-refractivity contribution in [1.29, 1.82) is 0 Å². The van der Waals surface area contributed by atoms with Crippen molar-refractivity contribution in [2.75, 3.05) is 6.54 Å². The Kier molecular flexibility index (Phi) is 10.9. The van der Waals surface area contributed by atoms with Gasteiger partial charge in [0.05, 0.1) is 6.54 Å². The van der Waals surface area contributed by atoms with E-state index in [1.165, 1.54) is 18.9 Å². The van der Waals surface area contributed by atoms with Gasteiger partial charge in [0, 0.05) is 6.42 Å². The molecule has 4 heteroatoms. The molecule has 86 valence electrons. The third-order valence-electron chi connectivity index (χ3n) is 2.21. The highest BCUT2D eigenvalue weighted by atomic mass is 35.5. The first kappa shape index (κ1) is 14.3. The Morgan fingerprint density at radius 2 is 1.53 bits per heavy atom. The second kappa shape index (κ2) is 11.4. The zero-order valence-corrected chi connectivity index (χ0v) is 9.76. The highest BCUT2D eigenvalue weighted by molar-refractivity contribution is 6.63. The largest absolute Gasteiger partial charge is 0.281 e. The molecule has 0 aromatic heterocycles. The normalized spacial score (nSPS) is 9.67. The summed E-state index contributed by atoms with van der Waals surface area (Å²) < 4.78 is 0. The second-order valence-electron chi connectivity index (χ2n) is 3.55. The van der Waals surface area contributed by atoms with Crippen LogP contribution in [0.15, 0.2) is 4.99 Å². The molecule has 0 saturated heterocycles.